The van der Waals surface area contributed by atoms with E-state index in [1.165, 1.54) is 6.42 Å². The van der Waals surface area contributed by atoms with Crippen LogP contribution < -0.4 is 4.74 Å². The monoisotopic (exact) mass is 551 g/mol. The number of ether oxygens (including phenoxy) is 2. The summed E-state index contributed by atoms with van der Waals surface area (Å²) in [6, 6.07) is 21.2. The molecule has 2 aromatic carbocycles. The van der Waals surface area contributed by atoms with Gasteiger partial charge in [0.2, 0.25) is 5.91 Å². The van der Waals surface area contributed by atoms with Gasteiger partial charge in [0.25, 0.3) is 5.91 Å². The summed E-state index contributed by atoms with van der Waals surface area (Å²) in [4.78, 5) is 30.5. The number of carbonyl (C=O) groups excluding carboxylic acids is 2. The largest absolute Gasteiger partial charge is 0.484 e. The van der Waals surface area contributed by atoms with Crippen LogP contribution in [0.3, 0.4) is 0 Å². The van der Waals surface area contributed by atoms with Gasteiger partial charge in [0.15, 0.2) is 6.61 Å². The summed E-state index contributed by atoms with van der Waals surface area (Å²) in [6.45, 7) is 1.63. The Kier molecular flexibility index (Phi) is 10.9. The summed E-state index contributed by atoms with van der Waals surface area (Å²) in [5, 5.41) is 0.724. The van der Waals surface area contributed by atoms with Gasteiger partial charge in [-0.1, -0.05) is 67.3 Å². The Morgan fingerprint density at radius 3 is 2.44 bits per heavy atom. The van der Waals surface area contributed by atoms with Gasteiger partial charge in [-0.25, -0.2) is 0 Å². The van der Waals surface area contributed by atoms with Gasteiger partial charge in [-0.2, -0.15) is 0 Å². The van der Waals surface area contributed by atoms with Crippen LogP contribution in [-0.2, 0) is 27.4 Å². The quantitative estimate of drug-likeness (QED) is 0.285. The van der Waals surface area contributed by atoms with Crippen LogP contribution in [0.15, 0.2) is 72.9 Å². The molecule has 0 radical (unpaired) electrons. The molecule has 8 heteroatoms. The maximum Gasteiger partial charge on any atom is 0.261 e. The molecule has 0 saturated heterocycles. The summed E-state index contributed by atoms with van der Waals surface area (Å²) in [7, 11) is 1.59. The molecule has 0 unspecified atom stereocenters. The van der Waals surface area contributed by atoms with Gasteiger partial charge in [-0.15, -0.1) is 0 Å². The molecule has 1 heterocycles. The van der Waals surface area contributed by atoms with Crippen LogP contribution in [0.2, 0.25) is 5.02 Å². The molecule has 0 bridgehead atoms. The van der Waals surface area contributed by atoms with Crippen molar-refractivity contribution in [3.8, 4) is 5.75 Å². The van der Waals surface area contributed by atoms with Gasteiger partial charge in [0.05, 0.1) is 19.7 Å². The van der Waals surface area contributed by atoms with E-state index in [0.717, 1.165) is 42.0 Å². The van der Waals surface area contributed by atoms with Crippen LogP contribution in [0, 0.1) is 0 Å². The van der Waals surface area contributed by atoms with E-state index in [0.29, 0.717) is 32.0 Å². The van der Waals surface area contributed by atoms with Crippen molar-refractivity contribution in [2.45, 2.75) is 51.2 Å². The molecule has 208 valence electrons. The number of nitrogens with zero attached hydrogens (tertiary/aromatic N) is 3. The van der Waals surface area contributed by atoms with Crippen LogP contribution in [0.5, 0.6) is 5.75 Å². The molecule has 4 rings (SSSR count). The van der Waals surface area contributed by atoms with Crippen molar-refractivity contribution in [3.63, 3.8) is 0 Å². The molecule has 1 fully saturated rings. The predicted octanol–water partition coefficient (Wildman–Crippen LogP) is 5.41. The molecule has 1 aliphatic rings. The first-order valence-corrected chi connectivity index (χ1v) is 14.0. The zero-order valence-corrected chi connectivity index (χ0v) is 23.4. The third-order valence-corrected chi connectivity index (χ3v) is 7.61. The molecule has 0 spiro atoms. The van der Waals surface area contributed by atoms with Crippen molar-refractivity contribution in [1.29, 1.82) is 0 Å². The van der Waals surface area contributed by atoms with Crippen molar-refractivity contribution in [3.05, 3.63) is 89.2 Å². The fourth-order valence-electron chi connectivity index (χ4n) is 5.05. The van der Waals surface area contributed by atoms with Crippen LogP contribution >= 0.6 is 11.6 Å². The zero-order chi connectivity index (χ0) is 27.5. The molecule has 0 aliphatic heterocycles. The number of rotatable bonds is 13. The molecule has 2 amide bonds. The highest BCUT2D eigenvalue weighted by Crippen LogP contribution is 2.25. The van der Waals surface area contributed by atoms with E-state index < -0.39 is 0 Å². The lowest BCUT2D eigenvalue weighted by molar-refractivity contribution is -0.144. The maximum absolute atomic E-state index is 13.9. The Balaban J connectivity index is 1.48. The van der Waals surface area contributed by atoms with Gasteiger partial charge in [0, 0.05) is 43.2 Å². The van der Waals surface area contributed by atoms with Crippen molar-refractivity contribution in [2.75, 3.05) is 33.4 Å². The molecule has 1 aliphatic carbocycles. The number of carbonyl (C=O) groups is 2. The molecule has 0 N–H and O–H groups in total. The van der Waals surface area contributed by atoms with Crippen LogP contribution in [0.4, 0.5) is 0 Å². The highest BCUT2D eigenvalue weighted by atomic mass is 35.5. The van der Waals surface area contributed by atoms with Crippen molar-refractivity contribution in [2.24, 2.45) is 0 Å². The van der Waals surface area contributed by atoms with E-state index in [2.05, 4.69) is 10.6 Å². The number of benzene rings is 2. The normalized spacial score (nSPS) is 13.7. The third-order valence-electron chi connectivity index (χ3n) is 7.24. The number of para-hydroxylation sites is 1. The Morgan fingerprint density at radius 2 is 1.69 bits per heavy atom. The first-order valence-electron chi connectivity index (χ1n) is 13.7. The SMILES string of the molecule is COCCN(CC(=O)N(Cc1cccn1Cc1ccccc1Cl)C1CCCCC1)C(=O)COc1ccccc1. The minimum absolute atomic E-state index is 0.0118. The first-order chi connectivity index (χ1) is 19.0. The highest BCUT2D eigenvalue weighted by Gasteiger charge is 2.29. The first kappa shape index (κ1) is 28.7. The Labute approximate surface area is 236 Å². The minimum Gasteiger partial charge on any atom is -0.484 e. The second-order valence-electron chi connectivity index (χ2n) is 9.94. The number of halogens is 1. The van der Waals surface area contributed by atoms with Crippen molar-refractivity contribution < 1.29 is 19.1 Å². The second kappa shape index (κ2) is 14.8. The smallest absolute Gasteiger partial charge is 0.261 e. The van der Waals surface area contributed by atoms with Crippen LogP contribution in [0.1, 0.15) is 43.4 Å². The Morgan fingerprint density at radius 1 is 0.949 bits per heavy atom. The fourth-order valence-corrected chi connectivity index (χ4v) is 5.24. The molecule has 3 aromatic rings. The molecule has 39 heavy (non-hydrogen) atoms. The lowest BCUT2D eigenvalue weighted by Crippen LogP contribution is -2.49. The van der Waals surface area contributed by atoms with E-state index in [9.17, 15) is 9.59 Å². The Bertz CT molecular complexity index is 1190. The summed E-state index contributed by atoms with van der Waals surface area (Å²) in [5.74, 6) is 0.318. The number of hydrogen-bond acceptors (Lipinski definition) is 4. The van der Waals surface area contributed by atoms with Gasteiger partial charge < -0.3 is 23.8 Å². The standard InChI is InChI=1S/C31H38ClN3O4/c1-38-20-19-34(31(37)24-39-28-15-6-3-7-16-28)23-30(36)35(26-12-4-2-5-13-26)22-27-14-10-18-33(27)21-25-11-8-9-17-29(25)32/h3,6-11,14-18,26H,2,4-5,12-13,19-24H2,1H3. The van der Waals surface area contributed by atoms with E-state index in [1.54, 1.807) is 24.1 Å². The van der Waals surface area contributed by atoms with E-state index in [1.807, 2.05) is 59.6 Å². The summed E-state index contributed by atoms with van der Waals surface area (Å²) in [6.07, 6.45) is 7.37. The van der Waals surface area contributed by atoms with Gasteiger partial charge in [-0.05, 0) is 48.7 Å². The summed E-state index contributed by atoms with van der Waals surface area (Å²) in [5.41, 5.74) is 2.07. The number of hydrogen-bond donors (Lipinski definition) is 0. The van der Waals surface area contributed by atoms with Crippen LogP contribution in [-0.4, -0.2) is 65.6 Å². The summed E-state index contributed by atoms with van der Waals surface area (Å²) >= 11 is 6.43. The number of aromatic nitrogens is 1. The molecular weight excluding hydrogens is 514 g/mol. The van der Waals surface area contributed by atoms with Gasteiger partial charge in [0.1, 0.15) is 5.75 Å². The molecule has 1 saturated carbocycles. The van der Waals surface area contributed by atoms with Crippen LogP contribution in [0.25, 0.3) is 0 Å². The number of amides is 2. The third kappa shape index (κ3) is 8.35. The van der Waals surface area contributed by atoms with Crippen molar-refractivity contribution >= 4 is 23.4 Å². The van der Waals surface area contributed by atoms with E-state index in [-0.39, 0.29) is 31.0 Å². The van der Waals surface area contributed by atoms with Gasteiger partial charge in [-0.3, -0.25) is 9.59 Å². The molecule has 7 nitrogen and oxygen atoms in total. The molecule has 0 atom stereocenters. The second-order valence-corrected chi connectivity index (χ2v) is 10.3. The Hall–Kier alpha value is -3.29. The average Bonchev–Trinajstić information content (AvgIpc) is 3.41. The average molecular weight is 552 g/mol. The predicted molar refractivity (Wildman–Crippen MR) is 153 cm³/mol. The minimum atomic E-state index is -0.241. The maximum atomic E-state index is 13.9. The van der Waals surface area contributed by atoms with E-state index >= 15 is 0 Å². The fraction of sp³-hybridized carbons (Fsp3) is 0.419. The zero-order valence-electron chi connectivity index (χ0n) is 22.6. The van der Waals surface area contributed by atoms with E-state index in [4.69, 9.17) is 21.1 Å². The molecule has 1 aromatic heterocycles. The highest BCUT2D eigenvalue weighted by molar-refractivity contribution is 6.31. The lowest BCUT2D eigenvalue weighted by Gasteiger charge is -2.36. The molecular formula is C31H38ClN3O4. The lowest BCUT2D eigenvalue weighted by atomic mass is 9.94. The topological polar surface area (TPSA) is 64.0 Å². The summed E-state index contributed by atoms with van der Waals surface area (Å²) < 4.78 is 13.1. The van der Waals surface area contributed by atoms with Crippen molar-refractivity contribution in [1.82, 2.24) is 14.4 Å². The number of methoxy groups -OCH3 is 1. The van der Waals surface area contributed by atoms with Gasteiger partial charge >= 0.3 is 0 Å².